The average Bonchev–Trinajstić information content (AvgIpc) is 2.95. The first kappa shape index (κ1) is 20.9. The molecule has 0 radical (unpaired) electrons. The van der Waals surface area contributed by atoms with Crippen LogP contribution in [0, 0.1) is 13.8 Å². The number of anilines is 1. The van der Waals surface area contributed by atoms with Crippen molar-refractivity contribution in [3.8, 4) is 0 Å². The molecule has 2 N–H and O–H groups in total. The van der Waals surface area contributed by atoms with E-state index in [9.17, 15) is 19.2 Å². The number of ether oxygens (including phenoxy) is 2. The zero-order chi connectivity index (χ0) is 21.0. The number of benzene rings is 1. The molecule has 1 aromatic carbocycles. The first-order chi connectivity index (χ1) is 13.1. The van der Waals surface area contributed by atoms with Gasteiger partial charge in [-0.25, -0.2) is 9.59 Å². The molecule has 0 saturated heterocycles. The third-order valence-corrected chi connectivity index (χ3v) is 4.24. The van der Waals surface area contributed by atoms with E-state index in [1.165, 1.54) is 21.0 Å². The van der Waals surface area contributed by atoms with Gasteiger partial charge in [-0.3, -0.25) is 9.59 Å². The molecule has 0 aliphatic carbocycles. The number of amides is 1. The number of H-pyrrole nitrogens is 1. The maximum atomic E-state index is 12.4. The maximum absolute atomic E-state index is 12.4. The Morgan fingerprint density at radius 3 is 2.18 bits per heavy atom. The molecule has 1 atom stereocenters. The first-order valence-corrected chi connectivity index (χ1v) is 8.56. The summed E-state index contributed by atoms with van der Waals surface area (Å²) in [7, 11) is 1.25. The number of hydrogen-bond acceptors (Lipinski definition) is 6. The van der Waals surface area contributed by atoms with Gasteiger partial charge in [0.05, 0.1) is 12.7 Å². The van der Waals surface area contributed by atoms with E-state index in [1.54, 1.807) is 38.1 Å². The van der Waals surface area contributed by atoms with Crippen LogP contribution in [0.3, 0.4) is 0 Å². The predicted octanol–water partition coefficient (Wildman–Crippen LogP) is 2.80. The highest BCUT2D eigenvalue weighted by molar-refractivity contribution is 6.01. The molecule has 0 spiro atoms. The molecule has 148 valence electrons. The Hall–Kier alpha value is -3.42. The predicted molar refractivity (Wildman–Crippen MR) is 102 cm³/mol. The molecule has 0 saturated carbocycles. The minimum atomic E-state index is -1.08. The van der Waals surface area contributed by atoms with Gasteiger partial charge in [-0.05, 0) is 57.5 Å². The third-order valence-electron chi connectivity index (χ3n) is 4.24. The minimum Gasteiger partial charge on any atom is -0.465 e. The molecule has 8 heteroatoms. The van der Waals surface area contributed by atoms with Gasteiger partial charge in [0, 0.05) is 16.9 Å². The Balaban J connectivity index is 2.06. The van der Waals surface area contributed by atoms with Crippen LogP contribution >= 0.6 is 0 Å². The second kappa shape index (κ2) is 8.51. The number of Topliss-reactive ketones (excluding diaryl/α,β-unsaturated/α-hetero) is 1. The number of aromatic nitrogens is 1. The van der Waals surface area contributed by atoms with Crippen molar-refractivity contribution < 1.29 is 28.7 Å². The normalized spacial score (nSPS) is 11.5. The van der Waals surface area contributed by atoms with Crippen LogP contribution in [0.1, 0.15) is 56.3 Å². The van der Waals surface area contributed by atoms with E-state index in [0.29, 0.717) is 22.5 Å². The lowest BCUT2D eigenvalue weighted by Crippen LogP contribution is -2.30. The highest BCUT2D eigenvalue weighted by Gasteiger charge is 2.26. The summed E-state index contributed by atoms with van der Waals surface area (Å²) in [5.74, 6) is -1.93. The molecule has 0 aliphatic heterocycles. The fraction of sp³-hybridized carbons (Fsp3) is 0.300. The Morgan fingerprint density at radius 1 is 1.04 bits per heavy atom. The molecule has 1 amide bonds. The number of ketones is 1. The minimum absolute atomic E-state index is 0.0805. The number of aromatic amines is 1. The van der Waals surface area contributed by atoms with E-state index in [1.807, 2.05) is 0 Å². The molecule has 2 aromatic rings. The molecule has 1 aromatic heterocycles. The van der Waals surface area contributed by atoms with Gasteiger partial charge in [0.1, 0.15) is 5.69 Å². The maximum Gasteiger partial charge on any atom is 0.355 e. The number of esters is 2. The molecule has 0 fully saturated rings. The Labute approximate surface area is 162 Å². The lowest BCUT2D eigenvalue weighted by molar-refractivity contribution is -0.123. The molecule has 2 rings (SSSR count). The Kier molecular flexibility index (Phi) is 6.35. The molecule has 8 nitrogen and oxygen atoms in total. The number of hydrogen-bond donors (Lipinski definition) is 2. The number of aryl methyl sites for hydroxylation is 1. The van der Waals surface area contributed by atoms with Crippen LogP contribution in [0.4, 0.5) is 5.69 Å². The summed E-state index contributed by atoms with van der Waals surface area (Å²) in [5.41, 5.74) is 2.20. The SMILES string of the molecule is COC(=O)c1c(C)[nH]c(C(=O)O[C@H](C)C(=O)Nc2ccc(C(C)=O)cc2)c1C. The van der Waals surface area contributed by atoms with E-state index < -0.39 is 23.9 Å². The summed E-state index contributed by atoms with van der Waals surface area (Å²) in [6.45, 7) is 6.11. The van der Waals surface area contributed by atoms with Gasteiger partial charge in [0.15, 0.2) is 11.9 Å². The zero-order valence-corrected chi connectivity index (χ0v) is 16.3. The van der Waals surface area contributed by atoms with Crippen molar-refractivity contribution in [2.24, 2.45) is 0 Å². The summed E-state index contributed by atoms with van der Waals surface area (Å²) in [5, 5.41) is 2.61. The molecule has 0 bridgehead atoms. The van der Waals surface area contributed by atoms with Gasteiger partial charge < -0.3 is 19.8 Å². The smallest absolute Gasteiger partial charge is 0.355 e. The monoisotopic (exact) mass is 386 g/mol. The number of rotatable bonds is 6. The summed E-state index contributed by atoms with van der Waals surface area (Å²) in [6, 6.07) is 6.36. The van der Waals surface area contributed by atoms with Crippen molar-refractivity contribution in [3.05, 3.63) is 52.3 Å². The van der Waals surface area contributed by atoms with Crippen molar-refractivity contribution >= 4 is 29.3 Å². The largest absolute Gasteiger partial charge is 0.465 e. The topological polar surface area (TPSA) is 115 Å². The van der Waals surface area contributed by atoms with Crippen molar-refractivity contribution in [2.75, 3.05) is 12.4 Å². The summed E-state index contributed by atoms with van der Waals surface area (Å²) in [4.78, 5) is 50.6. The molecule has 1 heterocycles. The second-order valence-electron chi connectivity index (χ2n) is 6.29. The number of carbonyl (C=O) groups is 4. The van der Waals surface area contributed by atoms with Gasteiger partial charge in [0.25, 0.3) is 5.91 Å². The molecular formula is C20H22N2O6. The van der Waals surface area contributed by atoms with Crippen molar-refractivity contribution in [1.82, 2.24) is 4.98 Å². The molecule has 0 unspecified atom stereocenters. The van der Waals surface area contributed by atoms with Crippen molar-refractivity contribution in [2.45, 2.75) is 33.8 Å². The van der Waals surface area contributed by atoms with Gasteiger partial charge in [-0.2, -0.15) is 0 Å². The summed E-state index contributed by atoms with van der Waals surface area (Å²) < 4.78 is 9.91. The first-order valence-electron chi connectivity index (χ1n) is 8.56. The van der Waals surface area contributed by atoms with E-state index in [2.05, 4.69) is 10.3 Å². The van der Waals surface area contributed by atoms with E-state index in [0.717, 1.165) is 0 Å². The fourth-order valence-electron chi connectivity index (χ4n) is 2.67. The van der Waals surface area contributed by atoms with Gasteiger partial charge in [0.2, 0.25) is 0 Å². The Bertz CT molecular complexity index is 927. The summed E-state index contributed by atoms with van der Waals surface area (Å²) in [6.07, 6.45) is -1.08. The van der Waals surface area contributed by atoms with E-state index in [4.69, 9.17) is 9.47 Å². The number of methoxy groups -OCH3 is 1. The van der Waals surface area contributed by atoms with Crippen LogP contribution in [0.2, 0.25) is 0 Å². The Morgan fingerprint density at radius 2 is 1.64 bits per heavy atom. The van der Waals surface area contributed by atoms with Gasteiger partial charge in [-0.15, -0.1) is 0 Å². The quantitative estimate of drug-likeness (QED) is 0.583. The molecule has 0 aliphatic rings. The van der Waals surface area contributed by atoms with Crippen LogP contribution in [0.25, 0.3) is 0 Å². The molecular weight excluding hydrogens is 364 g/mol. The van der Waals surface area contributed by atoms with Crippen LogP contribution in [-0.2, 0) is 14.3 Å². The van der Waals surface area contributed by atoms with E-state index >= 15 is 0 Å². The second-order valence-corrected chi connectivity index (χ2v) is 6.29. The van der Waals surface area contributed by atoms with E-state index in [-0.39, 0.29) is 17.0 Å². The number of nitrogens with one attached hydrogen (secondary N) is 2. The highest BCUT2D eigenvalue weighted by atomic mass is 16.5. The van der Waals surface area contributed by atoms with Crippen LogP contribution in [0.15, 0.2) is 24.3 Å². The van der Waals surface area contributed by atoms with Crippen molar-refractivity contribution in [1.29, 1.82) is 0 Å². The average molecular weight is 386 g/mol. The lowest BCUT2D eigenvalue weighted by atomic mass is 10.1. The molecule has 28 heavy (non-hydrogen) atoms. The number of carbonyl (C=O) groups excluding carboxylic acids is 4. The highest BCUT2D eigenvalue weighted by Crippen LogP contribution is 2.20. The van der Waals surface area contributed by atoms with Gasteiger partial charge in [-0.1, -0.05) is 0 Å². The van der Waals surface area contributed by atoms with Crippen LogP contribution in [-0.4, -0.2) is 41.8 Å². The van der Waals surface area contributed by atoms with Gasteiger partial charge >= 0.3 is 11.9 Å². The van der Waals surface area contributed by atoms with Crippen LogP contribution in [0.5, 0.6) is 0 Å². The fourth-order valence-corrected chi connectivity index (χ4v) is 2.67. The standard InChI is InChI=1S/C20H22N2O6/c1-10-16(19(25)27-5)11(2)21-17(10)20(26)28-13(4)18(24)22-15-8-6-14(7-9-15)12(3)23/h6-9,13,21H,1-5H3,(H,22,24)/t13-/m1/s1. The summed E-state index contributed by atoms with van der Waals surface area (Å²) >= 11 is 0. The third kappa shape index (κ3) is 4.46. The van der Waals surface area contributed by atoms with Crippen molar-refractivity contribution in [3.63, 3.8) is 0 Å². The zero-order valence-electron chi connectivity index (χ0n) is 16.3. The lowest BCUT2D eigenvalue weighted by Gasteiger charge is -2.13. The van der Waals surface area contributed by atoms with Crippen LogP contribution < -0.4 is 5.32 Å².